The van der Waals surface area contributed by atoms with Crippen LogP contribution in [0.15, 0.2) is 42.5 Å². The smallest absolute Gasteiger partial charge is 0.270 e. The maximum absolute atomic E-state index is 12.1. The van der Waals surface area contributed by atoms with E-state index in [0.717, 1.165) is 5.56 Å². The van der Waals surface area contributed by atoms with Crippen molar-refractivity contribution in [2.75, 3.05) is 7.05 Å². The SMILES string of the molecule is CN(Cc1ccccc1)C(=O)c1ccc(C=O)[nH]1. The molecule has 1 heterocycles. The monoisotopic (exact) mass is 242 g/mol. The molecular formula is C14H14N2O2. The average molecular weight is 242 g/mol. The predicted molar refractivity (Wildman–Crippen MR) is 68.4 cm³/mol. The Hall–Kier alpha value is -2.36. The number of hydrogen-bond acceptors (Lipinski definition) is 2. The number of nitrogens with one attached hydrogen (secondary N) is 1. The van der Waals surface area contributed by atoms with Crippen molar-refractivity contribution in [3.05, 3.63) is 59.4 Å². The first-order chi connectivity index (χ1) is 8.70. The van der Waals surface area contributed by atoms with Crippen LogP contribution in [0.1, 0.15) is 26.5 Å². The Morgan fingerprint density at radius 2 is 1.94 bits per heavy atom. The van der Waals surface area contributed by atoms with Gasteiger partial charge in [-0.15, -0.1) is 0 Å². The number of aromatic nitrogens is 1. The number of rotatable bonds is 4. The minimum atomic E-state index is -0.132. The molecule has 0 bridgehead atoms. The molecule has 0 atom stereocenters. The second-order valence-electron chi connectivity index (χ2n) is 4.09. The number of aldehydes is 1. The normalized spacial score (nSPS) is 10.1. The lowest BCUT2D eigenvalue weighted by Crippen LogP contribution is -2.26. The molecule has 0 aliphatic carbocycles. The van der Waals surface area contributed by atoms with Crippen LogP contribution < -0.4 is 0 Å². The summed E-state index contributed by atoms with van der Waals surface area (Å²) in [4.78, 5) is 27.0. The third-order valence-electron chi connectivity index (χ3n) is 2.68. The largest absolute Gasteiger partial charge is 0.348 e. The molecular weight excluding hydrogens is 228 g/mol. The van der Waals surface area contributed by atoms with Crippen LogP contribution in [0.4, 0.5) is 0 Å². The summed E-state index contributed by atoms with van der Waals surface area (Å²) in [5.41, 5.74) is 1.90. The molecule has 4 heteroatoms. The summed E-state index contributed by atoms with van der Waals surface area (Å²) >= 11 is 0. The number of nitrogens with zero attached hydrogens (tertiary/aromatic N) is 1. The van der Waals surface area contributed by atoms with Crippen LogP contribution in [-0.2, 0) is 6.54 Å². The number of carbonyl (C=O) groups is 2. The van der Waals surface area contributed by atoms with Crippen molar-refractivity contribution < 1.29 is 9.59 Å². The highest BCUT2D eigenvalue weighted by atomic mass is 16.2. The number of benzene rings is 1. The Labute approximate surface area is 105 Å². The maximum atomic E-state index is 12.1. The molecule has 0 saturated heterocycles. The van der Waals surface area contributed by atoms with Gasteiger partial charge in [0.25, 0.3) is 5.91 Å². The van der Waals surface area contributed by atoms with Gasteiger partial charge in [0, 0.05) is 13.6 Å². The third-order valence-corrected chi connectivity index (χ3v) is 2.68. The molecule has 0 fully saturated rings. The molecule has 2 aromatic rings. The minimum absolute atomic E-state index is 0.132. The molecule has 0 spiro atoms. The summed E-state index contributed by atoms with van der Waals surface area (Å²) in [6.07, 6.45) is 0.688. The predicted octanol–water partition coefficient (Wildman–Crippen LogP) is 2.10. The first-order valence-corrected chi connectivity index (χ1v) is 5.64. The van der Waals surface area contributed by atoms with Gasteiger partial charge >= 0.3 is 0 Å². The molecule has 1 amide bonds. The van der Waals surface area contributed by atoms with E-state index in [2.05, 4.69) is 4.98 Å². The van der Waals surface area contributed by atoms with Gasteiger partial charge in [-0.05, 0) is 17.7 Å². The summed E-state index contributed by atoms with van der Waals surface area (Å²) in [6.45, 7) is 0.537. The van der Waals surface area contributed by atoms with E-state index in [1.165, 1.54) is 0 Å². The van der Waals surface area contributed by atoms with E-state index in [4.69, 9.17) is 0 Å². The molecule has 2 rings (SSSR count). The van der Waals surface area contributed by atoms with Gasteiger partial charge in [0.05, 0.1) is 5.69 Å². The number of carbonyl (C=O) groups excluding carboxylic acids is 2. The van der Waals surface area contributed by atoms with Crippen LogP contribution in [-0.4, -0.2) is 29.1 Å². The lowest BCUT2D eigenvalue weighted by molar-refractivity contribution is 0.0780. The van der Waals surface area contributed by atoms with Crippen molar-refractivity contribution in [1.29, 1.82) is 0 Å². The zero-order chi connectivity index (χ0) is 13.0. The van der Waals surface area contributed by atoms with Gasteiger partial charge < -0.3 is 9.88 Å². The Morgan fingerprint density at radius 3 is 2.56 bits per heavy atom. The quantitative estimate of drug-likeness (QED) is 0.835. The summed E-state index contributed by atoms with van der Waals surface area (Å²) in [5, 5.41) is 0. The van der Waals surface area contributed by atoms with Crippen LogP contribution in [0, 0.1) is 0 Å². The first-order valence-electron chi connectivity index (χ1n) is 5.64. The topological polar surface area (TPSA) is 53.2 Å². The Kier molecular flexibility index (Phi) is 3.57. The zero-order valence-electron chi connectivity index (χ0n) is 10.1. The van der Waals surface area contributed by atoms with Gasteiger partial charge in [-0.1, -0.05) is 30.3 Å². The van der Waals surface area contributed by atoms with Crippen molar-refractivity contribution in [1.82, 2.24) is 9.88 Å². The number of aromatic amines is 1. The van der Waals surface area contributed by atoms with Crippen molar-refractivity contribution in [2.45, 2.75) is 6.54 Å². The Bertz CT molecular complexity index is 546. The number of hydrogen-bond donors (Lipinski definition) is 1. The second kappa shape index (κ2) is 5.31. The molecule has 4 nitrogen and oxygen atoms in total. The zero-order valence-corrected chi connectivity index (χ0v) is 10.1. The van der Waals surface area contributed by atoms with Gasteiger partial charge in [0.15, 0.2) is 6.29 Å². The first kappa shape index (κ1) is 12.1. The highest BCUT2D eigenvalue weighted by Crippen LogP contribution is 2.08. The molecule has 1 aromatic carbocycles. The molecule has 0 unspecified atom stereocenters. The fourth-order valence-corrected chi connectivity index (χ4v) is 1.74. The highest BCUT2D eigenvalue weighted by Gasteiger charge is 2.13. The van der Waals surface area contributed by atoms with Crippen molar-refractivity contribution in [3.8, 4) is 0 Å². The molecule has 1 N–H and O–H groups in total. The van der Waals surface area contributed by atoms with E-state index in [1.54, 1.807) is 24.1 Å². The van der Waals surface area contributed by atoms with Crippen molar-refractivity contribution in [2.24, 2.45) is 0 Å². The molecule has 0 saturated carbocycles. The highest BCUT2D eigenvalue weighted by molar-refractivity contribution is 5.93. The van der Waals surface area contributed by atoms with Crippen LogP contribution >= 0.6 is 0 Å². The van der Waals surface area contributed by atoms with Gasteiger partial charge in [-0.2, -0.15) is 0 Å². The molecule has 0 aliphatic rings. The van der Waals surface area contributed by atoms with E-state index >= 15 is 0 Å². The second-order valence-corrected chi connectivity index (χ2v) is 4.09. The lowest BCUT2D eigenvalue weighted by Gasteiger charge is -2.16. The summed E-state index contributed by atoms with van der Waals surface area (Å²) < 4.78 is 0. The van der Waals surface area contributed by atoms with Gasteiger partial charge in [-0.3, -0.25) is 9.59 Å². The average Bonchev–Trinajstić information content (AvgIpc) is 2.87. The fraction of sp³-hybridized carbons (Fsp3) is 0.143. The van der Waals surface area contributed by atoms with Crippen LogP contribution in [0.3, 0.4) is 0 Å². The Morgan fingerprint density at radius 1 is 1.22 bits per heavy atom. The Balaban J connectivity index is 2.07. The van der Waals surface area contributed by atoms with Crippen molar-refractivity contribution >= 4 is 12.2 Å². The molecule has 0 aliphatic heterocycles. The maximum Gasteiger partial charge on any atom is 0.270 e. The summed E-state index contributed by atoms with van der Waals surface area (Å²) in [7, 11) is 1.73. The summed E-state index contributed by atoms with van der Waals surface area (Å²) in [6, 6.07) is 13.0. The fourth-order valence-electron chi connectivity index (χ4n) is 1.74. The molecule has 18 heavy (non-hydrogen) atoms. The molecule has 1 aromatic heterocycles. The van der Waals surface area contributed by atoms with Gasteiger partial charge in [0.2, 0.25) is 0 Å². The minimum Gasteiger partial charge on any atom is -0.348 e. The van der Waals surface area contributed by atoms with E-state index in [0.29, 0.717) is 24.2 Å². The standard InChI is InChI=1S/C14H14N2O2/c1-16(9-11-5-3-2-4-6-11)14(18)13-8-7-12(10-17)15-13/h2-8,10,15H,9H2,1H3. The van der Waals surface area contributed by atoms with E-state index in [9.17, 15) is 9.59 Å². The molecule has 0 radical (unpaired) electrons. The van der Waals surface area contributed by atoms with Crippen LogP contribution in [0.2, 0.25) is 0 Å². The van der Waals surface area contributed by atoms with Gasteiger partial charge in [0.1, 0.15) is 5.69 Å². The molecule has 92 valence electrons. The van der Waals surface area contributed by atoms with E-state index in [1.807, 2.05) is 30.3 Å². The van der Waals surface area contributed by atoms with Crippen molar-refractivity contribution in [3.63, 3.8) is 0 Å². The van der Waals surface area contributed by atoms with E-state index in [-0.39, 0.29) is 5.91 Å². The van der Waals surface area contributed by atoms with Crippen LogP contribution in [0.25, 0.3) is 0 Å². The van der Waals surface area contributed by atoms with Crippen LogP contribution in [0.5, 0.6) is 0 Å². The summed E-state index contributed by atoms with van der Waals surface area (Å²) in [5.74, 6) is -0.132. The van der Waals surface area contributed by atoms with E-state index < -0.39 is 0 Å². The number of H-pyrrole nitrogens is 1. The third kappa shape index (κ3) is 2.66. The lowest BCUT2D eigenvalue weighted by atomic mass is 10.2. The van der Waals surface area contributed by atoms with Gasteiger partial charge in [-0.25, -0.2) is 0 Å². The number of amides is 1.